The first-order valence-electron chi connectivity index (χ1n) is 5.42. The van der Waals surface area contributed by atoms with Crippen molar-refractivity contribution in [3.63, 3.8) is 0 Å². The summed E-state index contributed by atoms with van der Waals surface area (Å²) in [4.78, 5) is 0. The van der Waals surface area contributed by atoms with Crippen molar-refractivity contribution < 1.29 is 0 Å². The quantitative estimate of drug-likeness (QED) is 0.536. The minimum Gasteiger partial charge on any atom is -0.0770 e. The first-order valence-corrected chi connectivity index (χ1v) is 5.42. The molecule has 1 aliphatic carbocycles. The molecule has 1 aliphatic rings. The molecule has 0 amide bonds. The van der Waals surface area contributed by atoms with E-state index in [1.165, 1.54) is 38.5 Å². The maximum Gasteiger partial charge on any atom is -0.0201 e. The van der Waals surface area contributed by atoms with Crippen LogP contribution in [0.25, 0.3) is 0 Å². The van der Waals surface area contributed by atoms with Crippen molar-refractivity contribution in [1.82, 2.24) is 0 Å². The number of rotatable bonds is 2. The van der Waals surface area contributed by atoms with Crippen molar-refractivity contribution in [2.24, 2.45) is 5.92 Å². The summed E-state index contributed by atoms with van der Waals surface area (Å²) in [6.45, 7) is 6.86. The van der Waals surface area contributed by atoms with Gasteiger partial charge < -0.3 is 0 Å². The summed E-state index contributed by atoms with van der Waals surface area (Å²) in [5.74, 6) is 0.939. The molecule has 1 unspecified atom stereocenters. The maximum absolute atomic E-state index is 2.30. The summed E-state index contributed by atoms with van der Waals surface area (Å²) < 4.78 is 0. The van der Waals surface area contributed by atoms with E-state index >= 15 is 0 Å². The lowest BCUT2D eigenvalue weighted by Crippen LogP contribution is -2.10. The first kappa shape index (κ1) is 9.83. The van der Waals surface area contributed by atoms with Gasteiger partial charge in [-0.25, -0.2) is 0 Å². The van der Waals surface area contributed by atoms with Gasteiger partial charge in [0.1, 0.15) is 0 Å². The SMILES string of the molecule is CCCC1CCCCC1=C(C)C. The molecule has 0 heterocycles. The second-order valence-corrected chi connectivity index (χ2v) is 4.26. The van der Waals surface area contributed by atoms with Crippen LogP contribution < -0.4 is 0 Å². The van der Waals surface area contributed by atoms with Crippen molar-refractivity contribution in [2.75, 3.05) is 0 Å². The average Bonchev–Trinajstić information content (AvgIpc) is 2.05. The molecule has 0 aliphatic heterocycles. The molecule has 70 valence electrons. The molecule has 0 spiro atoms. The Morgan fingerprint density at radius 2 is 2.08 bits per heavy atom. The molecule has 0 aromatic rings. The third-order valence-corrected chi connectivity index (χ3v) is 3.02. The molecule has 1 fully saturated rings. The fraction of sp³-hybridized carbons (Fsp3) is 0.833. The topological polar surface area (TPSA) is 0 Å². The van der Waals surface area contributed by atoms with Gasteiger partial charge in [-0.2, -0.15) is 0 Å². The second-order valence-electron chi connectivity index (χ2n) is 4.26. The van der Waals surface area contributed by atoms with Crippen LogP contribution in [0.2, 0.25) is 0 Å². The fourth-order valence-electron chi connectivity index (χ4n) is 2.41. The predicted octanol–water partition coefficient (Wildman–Crippen LogP) is 4.31. The van der Waals surface area contributed by atoms with E-state index in [2.05, 4.69) is 20.8 Å². The molecule has 0 saturated heterocycles. The van der Waals surface area contributed by atoms with Crippen LogP contribution in [0, 0.1) is 5.92 Å². The van der Waals surface area contributed by atoms with E-state index in [9.17, 15) is 0 Å². The highest BCUT2D eigenvalue weighted by Crippen LogP contribution is 2.34. The molecular weight excluding hydrogens is 144 g/mol. The fourth-order valence-corrected chi connectivity index (χ4v) is 2.41. The summed E-state index contributed by atoms with van der Waals surface area (Å²) >= 11 is 0. The number of hydrogen-bond acceptors (Lipinski definition) is 0. The Balaban J connectivity index is 2.61. The van der Waals surface area contributed by atoms with E-state index in [4.69, 9.17) is 0 Å². The Kier molecular flexibility index (Phi) is 3.84. The Hall–Kier alpha value is -0.260. The van der Waals surface area contributed by atoms with Crippen molar-refractivity contribution in [1.29, 1.82) is 0 Å². The Bertz CT molecular complexity index is 159. The minimum absolute atomic E-state index is 0.939. The minimum atomic E-state index is 0.939. The van der Waals surface area contributed by atoms with Crippen molar-refractivity contribution >= 4 is 0 Å². The molecule has 0 N–H and O–H groups in total. The zero-order chi connectivity index (χ0) is 8.97. The van der Waals surface area contributed by atoms with Gasteiger partial charge in [0.2, 0.25) is 0 Å². The maximum atomic E-state index is 2.30. The van der Waals surface area contributed by atoms with E-state index in [1.54, 1.807) is 11.1 Å². The molecule has 0 heteroatoms. The summed E-state index contributed by atoms with van der Waals surface area (Å²) in [6.07, 6.45) is 8.49. The highest BCUT2D eigenvalue weighted by atomic mass is 14.2. The largest absolute Gasteiger partial charge is 0.0770 e. The molecule has 1 rings (SSSR count). The summed E-state index contributed by atoms with van der Waals surface area (Å²) in [5.41, 5.74) is 3.37. The smallest absolute Gasteiger partial charge is 0.0201 e. The highest BCUT2D eigenvalue weighted by Gasteiger charge is 2.18. The summed E-state index contributed by atoms with van der Waals surface area (Å²) in [7, 11) is 0. The van der Waals surface area contributed by atoms with E-state index in [0.717, 1.165) is 5.92 Å². The van der Waals surface area contributed by atoms with Crippen molar-refractivity contribution in [2.45, 2.75) is 59.3 Å². The summed E-state index contributed by atoms with van der Waals surface area (Å²) in [6, 6.07) is 0. The van der Waals surface area contributed by atoms with Gasteiger partial charge in [-0.3, -0.25) is 0 Å². The normalized spacial score (nSPS) is 24.2. The first-order chi connectivity index (χ1) is 5.75. The standard InChI is InChI=1S/C12H22/c1-4-7-11-8-5-6-9-12(11)10(2)3/h11H,4-9H2,1-3H3. The van der Waals surface area contributed by atoms with Crippen molar-refractivity contribution in [3.8, 4) is 0 Å². The van der Waals surface area contributed by atoms with Gasteiger partial charge in [-0.05, 0) is 45.4 Å². The molecule has 1 saturated carbocycles. The Morgan fingerprint density at radius 3 is 2.67 bits per heavy atom. The van der Waals surface area contributed by atoms with E-state index < -0.39 is 0 Å². The van der Waals surface area contributed by atoms with Crippen LogP contribution in [0.15, 0.2) is 11.1 Å². The van der Waals surface area contributed by atoms with Crippen LogP contribution in [0.5, 0.6) is 0 Å². The number of allylic oxidation sites excluding steroid dienone is 2. The lowest BCUT2D eigenvalue weighted by molar-refractivity contribution is 0.421. The van der Waals surface area contributed by atoms with Gasteiger partial charge in [0.25, 0.3) is 0 Å². The van der Waals surface area contributed by atoms with Crippen molar-refractivity contribution in [3.05, 3.63) is 11.1 Å². The van der Waals surface area contributed by atoms with E-state index in [0.29, 0.717) is 0 Å². The van der Waals surface area contributed by atoms with Crippen LogP contribution in [0.4, 0.5) is 0 Å². The molecule has 0 aromatic carbocycles. The third kappa shape index (κ3) is 2.36. The van der Waals surface area contributed by atoms with Crippen LogP contribution in [0.3, 0.4) is 0 Å². The van der Waals surface area contributed by atoms with Crippen LogP contribution in [-0.2, 0) is 0 Å². The predicted molar refractivity (Wildman–Crippen MR) is 55.2 cm³/mol. The van der Waals surface area contributed by atoms with Crippen LogP contribution >= 0.6 is 0 Å². The molecule has 12 heavy (non-hydrogen) atoms. The Labute approximate surface area is 77.1 Å². The van der Waals surface area contributed by atoms with E-state index in [-0.39, 0.29) is 0 Å². The zero-order valence-corrected chi connectivity index (χ0v) is 8.82. The van der Waals surface area contributed by atoms with Gasteiger partial charge in [0, 0.05) is 0 Å². The lowest BCUT2D eigenvalue weighted by atomic mass is 9.80. The number of hydrogen-bond donors (Lipinski definition) is 0. The van der Waals surface area contributed by atoms with Gasteiger partial charge >= 0.3 is 0 Å². The van der Waals surface area contributed by atoms with Crippen LogP contribution in [0.1, 0.15) is 59.3 Å². The lowest BCUT2D eigenvalue weighted by Gasteiger charge is -2.26. The molecule has 1 atom stereocenters. The second kappa shape index (κ2) is 4.69. The molecular formula is C12H22. The van der Waals surface area contributed by atoms with Gasteiger partial charge in [0.05, 0.1) is 0 Å². The average molecular weight is 166 g/mol. The zero-order valence-electron chi connectivity index (χ0n) is 8.82. The third-order valence-electron chi connectivity index (χ3n) is 3.02. The van der Waals surface area contributed by atoms with Gasteiger partial charge in [0.15, 0.2) is 0 Å². The molecule has 0 nitrogen and oxygen atoms in total. The van der Waals surface area contributed by atoms with Gasteiger partial charge in [-0.1, -0.05) is 30.9 Å². The van der Waals surface area contributed by atoms with Gasteiger partial charge in [-0.15, -0.1) is 0 Å². The molecule has 0 radical (unpaired) electrons. The Morgan fingerprint density at radius 1 is 1.33 bits per heavy atom. The monoisotopic (exact) mass is 166 g/mol. The molecule has 0 bridgehead atoms. The molecule has 0 aromatic heterocycles. The van der Waals surface area contributed by atoms with Crippen LogP contribution in [-0.4, -0.2) is 0 Å². The summed E-state index contributed by atoms with van der Waals surface area (Å²) in [5, 5.41) is 0. The van der Waals surface area contributed by atoms with E-state index in [1.807, 2.05) is 0 Å². The highest BCUT2D eigenvalue weighted by molar-refractivity contribution is 5.15.